The van der Waals surface area contributed by atoms with Crippen LogP contribution in [0.5, 0.6) is 11.5 Å². The molecule has 0 unspecified atom stereocenters. The number of hydrogen-bond donors (Lipinski definition) is 2. The van der Waals surface area contributed by atoms with Crippen molar-refractivity contribution in [3.05, 3.63) is 59.7 Å². The number of unbranched alkanes of at least 4 members (excludes halogenated alkanes) is 2. The van der Waals surface area contributed by atoms with E-state index in [0.717, 1.165) is 6.42 Å². The van der Waals surface area contributed by atoms with Crippen LogP contribution in [-0.2, 0) is 9.47 Å². The van der Waals surface area contributed by atoms with Crippen LogP contribution >= 0.6 is 0 Å². The van der Waals surface area contributed by atoms with Crippen LogP contribution in [0.3, 0.4) is 0 Å². The Kier molecular flexibility index (Phi) is 6.83. The van der Waals surface area contributed by atoms with Crippen LogP contribution in [0, 0.1) is 0 Å². The zero-order valence-corrected chi connectivity index (χ0v) is 13.7. The summed E-state index contributed by atoms with van der Waals surface area (Å²) in [6.45, 7) is 0.567. The summed E-state index contributed by atoms with van der Waals surface area (Å²) in [4.78, 5) is 23.4. The average Bonchev–Trinajstić information content (AvgIpc) is 2.61. The first-order chi connectivity index (χ1) is 12.1. The first-order valence-electron chi connectivity index (χ1n) is 7.98. The zero-order chi connectivity index (χ0) is 18.1. The molecular formula is C19H20O6. The van der Waals surface area contributed by atoms with E-state index in [0.29, 0.717) is 24.0 Å². The van der Waals surface area contributed by atoms with Gasteiger partial charge in [-0.25, -0.2) is 9.59 Å². The van der Waals surface area contributed by atoms with E-state index < -0.39 is 11.9 Å². The normalized spacial score (nSPS) is 10.2. The van der Waals surface area contributed by atoms with E-state index >= 15 is 0 Å². The molecule has 0 aliphatic rings. The number of ether oxygens (including phenoxy) is 2. The fourth-order valence-electron chi connectivity index (χ4n) is 2.07. The lowest BCUT2D eigenvalue weighted by molar-refractivity contribution is 0.0478. The van der Waals surface area contributed by atoms with Gasteiger partial charge in [-0.2, -0.15) is 0 Å². The lowest BCUT2D eigenvalue weighted by Gasteiger charge is -2.06. The monoisotopic (exact) mass is 344 g/mol. The molecule has 25 heavy (non-hydrogen) atoms. The summed E-state index contributed by atoms with van der Waals surface area (Å²) in [5.74, 6) is -0.672. The van der Waals surface area contributed by atoms with Crippen LogP contribution in [0.1, 0.15) is 40.0 Å². The van der Waals surface area contributed by atoms with Gasteiger partial charge in [0.05, 0.1) is 24.3 Å². The van der Waals surface area contributed by atoms with Gasteiger partial charge >= 0.3 is 11.9 Å². The Morgan fingerprint density at radius 1 is 0.640 bits per heavy atom. The van der Waals surface area contributed by atoms with Gasteiger partial charge in [-0.3, -0.25) is 0 Å². The fraction of sp³-hybridized carbons (Fsp3) is 0.263. The largest absolute Gasteiger partial charge is 0.508 e. The molecule has 0 heterocycles. The number of aromatic hydroxyl groups is 2. The minimum Gasteiger partial charge on any atom is -0.508 e. The molecule has 6 heteroatoms. The zero-order valence-electron chi connectivity index (χ0n) is 13.7. The van der Waals surface area contributed by atoms with Crippen LogP contribution in [-0.4, -0.2) is 35.4 Å². The molecule has 0 fully saturated rings. The van der Waals surface area contributed by atoms with Gasteiger partial charge in [-0.05, 0) is 67.8 Å². The highest BCUT2D eigenvalue weighted by atomic mass is 16.5. The first-order valence-corrected chi connectivity index (χ1v) is 7.98. The van der Waals surface area contributed by atoms with Gasteiger partial charge in [0, 0.05) is 0 Å². The summed E-state index contributed by atoms with van der Waals surface area (Å²) in [6.07, 6.45) is 2.09. The first kappa shape index (κ1) is 18.3. The van der Waals surface area contributed by atoms with E-state index in [1.165, 1.54) is 48.5 Å². The minimum absolute atomic E-state index is 0.0957. The Morgan fingerprint density at radius 2 is 1.00 bits per heavy atom. The second kappa shape index (κ2) is 9.32. The van der Waals surface area contributed by atoms with Crippen LogP contribution in [0.4, 0.5) is 0 Å². The van der Waals surface area contributed by atoms with E-state index in [4.69, 9.17) is 19.7 Å². The standard InChI is InChI=1S/C19H20O6/c20-16-8-4-14(5-9-16)18(22)24-12-2-1-3-13-25-19(23)15-6-10-17(21)11-7-15/h4-11,20-21H,1-3,12-13H2. The van der Waals surface area contributed by atoms with E-state index in [1.807, 2.05) is 0 Å². The number of phenols is 2. The highest BCUT2D eigenvalue weighted by Crippen LogP contribution is 2.12. The van der Waals surface area contributed by atoms with E-state index in [2.05, 4.69) is 0 Å². The van der Waals surface area contributed by atoms with Crippen molar-refractivity contribution in [2.45, 2.75) is 19.3 Å². The molecule has 0 amide bonds. The summed E-state index contributed by atoms with van der Waals surface area (Å²) in [6, 6.07) is 11.7. The molecule has 0 radical (unpaired) electrons. The summed E-state index contributed by atoms with van der Waals surface area (Å²) < 4.78 is 10.2. The Morgan fingerprint density at radius 3 is 1.36 bits per heavy atom. The second-order valence-corrected chi connectivity index (χ2v) is 5.43. The van der Waals surface area contributed by atoms with Gasteiger partial charge < -0.3 is 19.7 Å². The number of carbonyl (C=O) groups is 2. The van der Waals surface area contributed by atoms with Crippen LogP contribution in [0.2, 0.25) is 0 Å². The number of phenolic OH excluding ortho intramolecular Hbond substituents is 2. The summed E-state index contributed by atoms with van der Waals surface area (Å²) >= 11 is 0. The maximum Gasteiger partial charge on any atom is 0.338 e. The van der Waals surface area contributed by atoms with Gasteiger partial charge in [0.25, 0.3) is 0 Å². The van der Waals surface area contributed by atoms with E-state index in [1.54, 1.807) is 0 Å². The lowest BCUT2D eigenvalue weighted by Crippen LogP contribution is -2.08. The third-order valence-corrected chi connectivity index (χ3v) is 3.46. The van der Waals surface area contributed by atoms with Gasteiger partial charge in [0.15, 0.2) is 0 Å². The lowest BCUT2D eigenvalue weighted by atomic mass is 10.2. The molecule has 2 aromatic rings. The molecule has 0 bridgehead atoms. The number of carbonyl (C=O) groups excluding carboxylic acids is 2. The molecule has 0 spiro atoms. The quantitative estimate of drug-likeness (QED) is 0.564. The van der Waals surface area contributed by atoms with Crippen LogP contribution in [0.25, 0.3) is 0 Å². The maximum atomic E-state index is 11.7. The second-order valence-electron chi connectivity index (χ2n) is 5.43. The highest BCUT2D eigenvalue weighted by Gasteiger charge is 2.08. The maximum absolute atomic E-state index is 11.7. The minimum atomic E-state index is -0.432. The van der Waals surface area contributed by atoms with Crippen molar-refractivity contribution in [2.24, 2.45) is 0 Å². The van der Waals surface area contributed by atoms with Crippen molar-refractivity contribution in [3.8, 4) is 11.5 Å². The van der Waals surface area contributed by atoms with E-state index in [9.17, 15) is 9.59 Å². The van der Waals surface area contributed by atoms with Crippen LogP contribution < -0.4 is 0 Å². The smallest absolute Gasteiger partial charge is 0.338 e. The molecule has 132 valence electrons. The Hall–Kier alpha value is -3.02. The number of benzene rings is 2. The molecule has 0 aliphatic carbocycles. The van der Waals surface area contributed by atoms with Crippen molar-refractivity contribution in [1.82, 2.24) is 0 Å². The van der Waals surface area contributed by atoms with Gasteiger partial charge in [-0.15, -0.1) is 0 Å². The van der Waals surface area contributed by atoms with E-state index in [-0.39, 0.29) is 24.7 Å². The van der Waals surface area contributed by atoms with Crippen molar-refractivity contribution < 1.29 is 29.3 Å². The summed E-state index contributed by atoms with van der Waals surface area (Å²) in [5.41, 5.74) is 0.779. The fourth-order valence-corrected chi connectivity index (χ4v) is 2.07. The summed E-state index contributed by atoms with van der Waals surface area (Å²) in [7, 11) is 0. The molecule has 0 saturated carbocycles. The van der Waals surface area contributed by atoms with Crippen molar-refractivity contribution >= 4 is 11.9 Å². The Bertz CT molecular complexity index is 629. The Labute approximate surface area is 145 Å². The molecule has 0 atom stereocenters. The molecule has 2 aromatic carbocycles. The molecule has 2 N–H and O–H groups in total. The number of rotatable bonds is 8. The summed E-state index contributed by atoms with van der Waals surface area (Å²) in [5, 5.41) is 18.3. The van der Waals surface area contributed by atoms with Crippen LogP contribution in [0.15, 0.2) is 48.5 Å². The molecule has 2 rings (SSSR count). The van der Waals surface area contributed by atoms with Gasteiger partial charge in [-0.1, -0.05) is 0 Å². The van der Waals surface area contributed by atoms with Crippen molar-refractivity contribution in [2.75, 3.05) is 13.2 Å². The topological polar surface area (TPSA) is 93.1 Å². The predicted molar refractivity (Wildman–Crippen MR) is 90.6 cm³/mol. The third-order valence-electron chi connectivity index (χ3n) is 3.46. The predicted octanol–water partition coefficient (Wildman–Crippen LogP) is 3.28. The third kappa shape index (κ3) is 6.18. The van der Waals surface area contributed by atoms with Crippen molar-refractivity contribution in [3.63, 3.8) is 0 Å². The molecule has 0 saturated heterocycles. The number of esters is 2. The number of hydrogen-bond acceptors (Lipinski definition) is 6. The Balaban J connectivity index is 1.56. The van der Waals surface area contributed by atoms with Gasteiger partial charge in [0.1, 0.15) is 11.5 Å². The molecule has 0 aromatic heterocycles. The molecular weight excluding hydrogens is 324 g/mol. The highest BCUT2D eigenvalue weighted by molar-refractivity contribution is 5.89. The SMILES string of the molecule is O=C(OCCCCCOC(=O)c1ccc(O)cc1)c1ccc(O)cc1. The van der Waals surface area contributed by atoms with Crippen molar-refractivity contribution in [1.29, 1.82) is 0 Å². The van der Waals surface area contributed by atoms with Gasteiger partial charge in [0.2, 0.25) is 0 Å². The average molecular weight is 344 g/mol. The molecule has 6 nitrogen and oxygen atoms in total. The molecule has 0 aliphatic heterocycles.